The second kappa shape index (κ2) is 8.62. The molecule has 5 nitrogen and oxygen atoms in total. The number of hydrogen-bond acceptors (Lipinski definition) is 4. The normalized spacial score (nSPS) is 30.9. The largest absolute Gasteiger partial charge is 0.378 e. The molecule has 3 rings (SSSR count). The molecule has 1 aromatic rings. The van der Waals surface area contributed by atoms with Gasteiger partial charge in [0.1, 0.15) is 0 Å². The lowest BCUT2D eigenvalue weighted by molar-refractivity contribution is -0.00880. The van der Waals surface area contributed by atoms with E-state index >= 15 is 0 Å². The number of piperidine rings is 1. The van der Waals surface area contributed by atoms with Crippen molar-refractivity contribution in [2.45, 2.75) is 44.1 Å². The van der Waals surface area contributed by atoms with Gasteiger partial charge in [0.15, 0.2) is 0 Å². The number of nitrogens with one attached hydrogen (secondary N) is 1. The third kappa shape index (κ3) is 5.78. The summed E-state index contributed by atoms with van der Waals surface area (Å²) in [4.78, 5) is 0. The molecule has 1 aliphatic carbocycles. The molecule has 2 atom stereocenters. The molecule has 140 valence electrons. The van der Waals surface area contributed by atoms with Gasteiger partial charge in [-0.05, 0) is 62.0 Å². The monoisotopic (exact) mass is 366 g/mol. The second-order valence-corrected chi connectivity index (χ2v) is 9.22. The molecule has 1 saturated heterocycles. The molecule has 0 spiro atoms. The molecule has 25 heavy (non-hydrogen) atoms. The molecule has 1 heterocycles. The first-order chi connectivity index (χ1) is 12.0. The summed E-state index contributed by atoms with van der Waals surface area (Å²) in [5.41, 5.74) is 1.44. The van der Waals surface area contributed by atoms with Gasteiger partial charge in [-0.1, -0.05) is 30.3 Å². The number of sulfonamides is 1. The van der Waals surface area contributed by atoms with Gasteiger partial charge in [-0.15, -0.1) is 0 Å². The Kier molecular flexibility index (Phi) is 6.49. The molecule has 0 bridgehead atoms. The lowest BCUT2D eigenvalue weighted by Gasteiger charge is -2.34. The van der Waals surface area contributed by atoms with Gasteiger partial charge in [-0.25, -0.2) is 13.6 Å². The van der Waals surface area contributed by atoms with E-state index in [4.69, 9.17) is 9.88 Å². The van der Waals surface area contributed by atoms with Gasteiger partial charge in [0, 0.05) is 6.54 Å². The molecule has 6 heteroatoms. The Morgan fingerprint density at radius 1 is 1.04 bits per heavy atom. The topological polar surface area (TPSA) is 81.4 Å². The predicted octanol–water partition coefficient (Wildman–Crippen LogP) is 2.24. The zero-order valence-electron chi connectivity index (χ0n) is 14.8. The summed E-state index contributed by atoms with van der Waals surface area (Å²) in [6.45, 7) is 2.31. The molecule has 2 aliphatic rings. The van der Waals surface area contributed by atoms with Crippen LogP contribution in [-0.4, -0.2) is 40.0 Å². The van der Waals surface area contributed by atoms with Crippen molar-refractivity contribution >= 4 is 10.0 Å². The van der Waals surface area contributed by atoms with Crippen LogP contribution < -0.4 is 10.5 Å². The van der Waals surface area contributed by atoms with Crippen molar-refractivity contribution in [3.05, 3.63) is 35.9 Å². The van der Waals surface area contributed by atoms with Crippen LogP contribution >= 0.6 is 0 Å². The molecule has 1 aromatic carbocycles. The van der Waals surface area contributed by atoms with Crippen LogP contribution in [0.15, 0.2) is 30.3 Å². The molecule has 1 aliphatic heterocycles. The molecule has 0 amide bonds. The van der Waals surface area contributed by atoms with E-state index in [1.54, 1.807) is 0 Å². The van der Waals surface area contributed by atoms with Crippen LogP contribution in [0.2, 0.25) is 0 Å². The minimum Gasteiger partial charge on any atom is -0.378 e. The standard InChI is InChI=1S/C19H30N2O3S/c20-25(22,23)14-17-10-11-21-12-18(17)13-24-19-8-6-16(7-9-19)15-4-2-1-3-5-15/h1-5,16-19,21H,6-14H2,(H2,20,22,23)/t16?,17-,18-,19?/m1/s1. The smallest absolute Gasteiger partial charge is 0.209 e. The van der Waals surface area contributed by atoms with Crippen LogP contribution in [0.3, 0.4) is 0 Å². The molecule has 3 N–H and O–H groups in total. The van der Waals surface area contributed by atoms with E-state index in [9.17, 15) is 8.42 Å². The van der Waals surface area contributed by atoms with Gasteiger partial charge < -0.3 is 10.1 Å². The number of primary sulfonamides is 1. The summed E-state index contributed by atoms with van der Waals surface area (Å²) in [7, 11) is -3.42. The Morgan fingerprint density at radius 2 is 1.76 bits per heavy atom. The zero-order chi connectivity index (χ0) is 17.7. The highest BCUT2D eigenvalue weighted by Crippen LogP contribution is 2.34. The van der Waals surface area contributed by atoms with Crippen molar-refractivity contribution in [2.75, 3.05) is 25.4 Å². The fourth-order valence-corrected chi connectivity index (χ4v) is 5.27. The summed E-state index contributed by atoms with van der Waals surface area (Å²) in [5.74, 6) is 1.06. The van der Waals surface area contributed by atoms with Crippen LogP contribution in [0.25, 0.3) is 0 Å². The number of rotatable bonds is 6. The van der Waals surface area contributed by atoms with Crippen molar-refractivity contribution in [1.82, 2.24) is 5.32 Å². The zero-order valence-corrected chi connectivity index (χ0v) is 15.6. The number of benzene rings is 1. The molecular weight excluding hydrogens is 336 g/mol. The van der Waals surface area contributed by atoms with E-state index in [1.165, 1.54) is 5.56 Å². The van der Waals surface area contributed by atoms with Crippen molar-refractivity contribution < 1.29 is 13.2 Å². The Bertz CT molecular complexity index is 627. The SMILES string of the molecule is NS(=O)(=O)C[C@H]1CCNC[C@@H]1COC1CCC(c2ccccc2)CC1. The van der Waals surface area contributed by atoms with E-state index in [0.29, 0.717) is 18.6 Å². The Hall–Kier alpha value is -0.950. The van der Waals surface area contributed by atoms with Gasteiger partial charge in [0.25, 0.3) is 0 Å². The third-order valence-electron chi connectivity index (χ3n) is 5.70. The van der Waals surface area contributed by atoms with E-state index in [0.717, 1.165) is 45.2 Å². The predicted molar refractivity (Wildman–Crippen MR) is 99.8 cm³/mol. The van der Waals surface area contributed by atoms with Gasteiger partial charge in [-0.3, -0.25) is 0 Å². The average molecular weight is 367 g/mol. The summed E-state index contributed by atoms with van der Waals surface area (Å²) < 4.78 is 29.1. The van der Waals surface area contributed by atoms with Crippen molar-refractivity contribution in [3.8, 4) is 0 Å². The summed E-state index contributed by atoms with van der Waals surface area (Å²) >= 11 is 0. The number of nitrogens with two attached hydrogens (primary N) is 1. The van der Waals surface area contributed by atoms with Crippen molar-refractivity contribution in [1.29, 1.82) is 0 Å². The first-order valence-electron chi connectivity index (χ1n) is 9.39. The maximum atomic E-state index is 11.4. The Labute approximate surface area is 151 Å². The lowest BCUT2D eigenvalue weighted by atomic mass is 9.82. The molecular formula is C19H30N2O3S. The highest BCUT2D eigenvalue weighted by molar-refractivity contribution is 7.89. The number of hydrogen-bond donors (Lipinski definition) is 2. The minimum atomic E-state index is -3.42. The van der Waals surface area contributed by atoms with Crippen LogP contribution in [0.5, 0.6) is 0 Å². The van der Waals surface area contributed by atoms with Gasteiger partial charge >= 0.3 is 0 Å². The van der Waals surface area contributed by atoms with Gasteiger partial charge in [0.2, 0.25) is 10.0 Å². The molecule has 0 unspecified atom stereocenters. The highest BCUT2D eigenvalue weighted by Gasteiger charge is 2.30. The average Bonchev–Trinajstić information content (AvgIpc) is 2.61. The second-order valence-electron chi connectivity index (χ2n) is 7.56. The summed E-state index contributed by atoms with van der Waals surface area (Å²) in [6, 6.07) is 10.7. The fraction of sp³-hybridized carbons (Fsp3) is 0.684. The van der Waals surface area contributed by atoms with Crippen LogP contribution in [0.4, 0.5) is 0 Å². The van der Waals surface area contributed by atoms with E-state index in [1.807, 2.05) is 0 Å². The summed E-state index contributed by atoms with van der Waals surface area (Å²) in [5, 5.41) is 8.60. The molecule has 2 fully saturated rings. The fourth-order valence-electron chi connectivity index (χ4n) is 4.24. The van der Waals surface area contributed by atoms with Gasteiger partial charge in [0.05, 0.1) is 18.5 Å². The van der Waals surface area contributed by atoms with Crippen LogP contribution in [-0.2, 0) is 14.8 Å². The maximum Gasteiger partial charge on any atom is 0.209 e. The first kappa shape index (κ1) is 18.8. The summed E-state index contributed by atoms with van der Waals surface area (Å²) in [6.07, 6.45) is 5.65. The van der Waals surface area contributed by atoms with Crippen molar-refractivity contribution in [3.63, 3.8) is 0 Å². The van der Waals surface area contributed by atoms with E-state index in [2.05, 4.69) is 35.6 Å². The Morgan fingerprint density at radius 3 is 2.44 bits per heavy atom. The van der Waals surface area contributed by atoms with Crippen LogP contribution in [0, 0.1) is 11.8 Å². The van der Waals surface area contributed by atoms with Crippen molar-refractivity contribution in [2.24, 2.45) is 17.0 Å². The van der Waals surface area contributed by atoms with Crippen LogP contribution in [0.1, 0.15) is 43.6 Å². The minimum absolute atomic E-state index is 0.0729. The number of ether oxygens (including phenoxy) is 1. The molecule has 0 radical (unpaired) electrons. The third-order valence-corrected chi connectivity index (χ3v) is 6.60. The van der Waals surface area contributed by atoms with Gasteiger partial charge in [-0.2, -0.15) is 0 Å². The quantitative estimate of drug-likeness (QED) is 0.809. The first-order valence-corrected chi connectivity index (χ1v) is 11.1. The maximum absolute atomic E-state index is 11.4. The molecule has 1 saturated carbocycles. The lowest BCUT2D eigenvalue weighted by Crippen LogP contribution is -2.43. The molecule has 0 aromatic heterocycles. The van der Waals surface area contributed by atoms with E-state index < -0.39 is 10.0 Å². The van der Waals surface area contributed by atoms with E-state index in [-0.39, 0.29) is 17.6 Å². The Balaban J connectivity index is 1.45. The highest BCUT2D eigenvalue weighted by atomic mass is 32.2.